The Balaban J connectivity index is 2.42. The minimum Gasteiger partial charge on any atom is -0.417 e. The van der Waals surface area contributed by atoms with E-state index in [-0.39, 0.29) is 23.5 Å². The molecule has 222 valence electrons. The van der Waals surface area contributed by atoms with Crippen molar-refractivity contribution in [2.75, 3.05) is 25.0 Å². The van der Waals surface area contributed by atoms with E-state index in [4.69, 9.17) is 5.73 Å². The van der Waals surface area contributed by atoms with Gasteiger partial charge in [0.2, 0.25) is 0 Å². The molecule has 0 spiro atoms. The quantitative estimate of drug-likeness (QED) is 0.320. The van der Waals surface area contributed by atoms with Gasteiger partial charge in [0, 0.05) is 36.8 Å². The third-order valence-corrected chi connectivity index (χ3v) is 5.18. The molecule has 2 N–H and O–H groups in total. The highest BCUT2D eigenvalue weighted by Crippen LogP contribution is 2.38. The highest BCUT2D eigenvalue weighted by Gasteiger charge is 2.44. The smallest absolute Gasteiger partial charge is 0.417 e. The first-order chi connectivity index (χ1) is 18.8. The van der Waals surface area contributed by atoms with Gasteiger partial charge in [0.15, 0.2) is 5.75 Å². The maximum absolute atomic E-state index is 13.3. The number of fused-ring (bicyclic) bond motifs is 1. The van der Waals surface area contributed by atoms with Gasteiger partial charge in [-0.25, -0.2) is 9.59 Å². The topological polar surface area (TPSA) is 113 Å². The van der Waals surface area contributed by atoms with Gasteiger partial charge < -0.3 is 24.9 Å². The number of ether oxygens (including phenoxy) is 2. The van der Waals surface area contributed by atoms with Gasteiger partial charge in [-0.1, -0.05) is 0 Å². The van der Waals surface area contributed by atoms with E-state index in [1.54, 1.807) is 0 Å². The second-order valence-corrected chi connectivity index (χ2v) is 8.05. The van der Waals surface area contributed by atoms with Crippen molar-refractivity contribution in [3.8, 4) is 22.8 Å². The lowest BCUT2D eigenvalue weighted by molar-refractivity contribution is -0.274. The molecule has 0 bridgehead atoms. The van der Waals surface area contributed by atoms with Crippen LogP contribution in [0.4, 0.5) is 45.2 Å². The van der Waals surface area contributed by atoms with Crippen molar-refractivity contribution in [3.05, 3.63) is 52.8 Å². The summed E-state index contributed by atoms with van der Waals surface area (Å²) in [5.74, 6) is -7.95. The van der Waals surface area contributed by atoms with E-state index in [0.29, 0.717) is 24.3 Å². The molecule has 2 aromatic carbocycles. The Morgan fingerprint density at radius 3 is 1.98 bits per heavy atom. The molecule has 0 aliphatic heterocycles. The van der Waals surface area contributed by atoms with Gasteiger partial charge in [-0.3, -0.25) is 4.79 Å². The number of esters is 1. The van der Waals surface area contributed by atoms with E-state index in [0.717, 1.165) is 12.1 Å². The first-order valence-corrected chi connectivity index (χ1v) is 10.9. The van der Waals surface area contributed by atoms with Crippen LogP contribution in [0.1, 0.15) is 0 Å². The zero-order valence-corrected chi connectivity index (χ0v) is 20.3. The largest absolute Gasteiger partial charge is 0.573 e. The monoisotopic (exact) mass is 601 g/mol. The molecular formula is C23H16F9N3O6. The molecule has 1 aromatic heterocycles. The number of rotatable bonds is 7. The second-order valence-electron chi connectivity index (χ2n) is 8.05. The molecule has 0 aliphatic carbocycles. The van der Waals surface area contributed by atoms with E-state index in [2.05, 4.69) is 14.3 Å². The highest BCUT2D eigenvalue weighted by molar-refractivity contribution is 5.97. The van der Waals surface area contributed by atoms with Crippen LogP contribution >= 0.6 is 0 Å². The molecule has 0 fully saturated rings. The van der Waals surface area contributed by atoms with Crippen LogP contribution in [0.15, 0.2) is 47.3 Å². The van der Waals surface area contributed by atoms with Crippen molar-refractivity contribution in [1.29, 1.82) is 0 Å². The van der Waals surface area contributed by atoms with Gasteiger partial charge in [0.1, 0.15) is 11.4 Å². The highest BCUT2D eigenvalue weighted by atomic mass is 19.4. The number of alkyl halides is 9. The average Bonchev–Trinajstić information content (AvgIpc) is 2.85. The van der Waals surface area contributed by atoms with Crippen LogP contribution in [0.3, 0.4) is 0 Å². The number of hydrogen-bond acceptors (Lipinski definition) is 8. The van der Waals surface area contributed by atoms with Gasteiger partial charge in [-0.2, -0.15) is 26.3 Å². The summed E-state index contributed by atoms with van der Waals surface area (Å²) in [6.07, 6.45) is -16.5. The molecular weight excluding hydrogens is 585 g/mol. The first kappa shape index (κ1) is 31.1. The number of anilines is 1. The number of carbonyl (C=O) groups excluding carboxylic acids is 2. The van der Waals surface area contributed by atoms with Crippen molar-refractivity contribution in [1.82, 2.24) is 4.73 Å². The number of pyridine rings is 1. The van der Waals surface area contributed by atoms with Gasteiger partial charge in [-0.15, -0.1) is 17.9 Å². The lowest BCUT2D eigenvalue weighted by atomic mass is 10.0. The summed E-state index contributed by atoms with van der Waals surface area (Å²) >= 11 is 0. The number of nitrogens with two attached hydrogens (primary N) is 1. The van der Waals surface area contributed by atoms with Crippen LogP contribution in [-0.4, -0.2) is 55.5 Å². The number of carbonyl (C=O) groups is 2. The summed E-state index contributed by atoms with van der Waals surface area (Å²) in [5, 5.41) is -1.21. The summed E-state index contributed by atoms with van der Waals surface area (Å²) in [5.41, 5.74) is 2.38. The Labute approximate surface area is 222 Å². The SMILES string of the molecule is CN(CCN)c1ccc2c(OC(=O)C(F)(F)F)c(-c3ccc(OC(F)(F)F)cc3)n(OC(=O)C(F)(F)F)c(=O)c2c1. The predicted octanol–water partition coefficient (Wildman–Crippen LogP) is 3.95. The zero-order chi connectivity index (χ0) is 30.9. The summed E-state index contributed by atoms with van der Waals surface area (Å²) in [6, 6.07) is 5.78. The fourth-order valence-corrected chi connectivity index (χ4v) is 3.44. The van der Waals surface area contributed by atoms with Crippen molar-refractivity contribution in [2.24, 2.45) is 5.73 Å². The minimum atomic E-state index is -5.72. The van der Waals surface area contributed by atoms with Crippen LogP contribution in [-0.2, 0) is 9.59 Å². The number of aromatic nitrogens is 1. The number of nitrogens with zero attached hydrogens (tertiary/aromatic N) is 2. The zero-order valence-electron chi connectivity index (χ0n) is 20.3. The van der Waals surface area contributed by atoms with Crippen molar-refractivity contribution < 1.29 is 63.4 Å². The molecule has 0 aliphatic rings. The molecule has 1 heterocycles. The van der Waals surface area contributed by atoms with Gasteiger partial charge in [0.05, 0.1) is 5.39 Å². The summed E-state index contributed by atoms with van der Waals surface area (Å²) in [7, 11) is 1.49. The predicted molar refractivity (Wildman–Crippen MR) is 122 cm³/mol. The molecule has 0 amide bonds. The van der Waals surface area contributed by atoms with Crippen molar-refractivity contribution in [3.63, 3.8) is 0 Å². The second kappa shape index (κ2) is 11.2. The van der Waals surface area contributed by atoms with Crippen LogP contribution in [0, 0.1) is 0 Å². The van der Waals surface area contributed by atoms with Gasteiger partial charge in [-0.05, 0) is 42.5 Å². The molecule has 0 radical (unpaired) electrons. The Kier molecular flexibility index (Phi) is 8.47. The van der Waals surface area contributed by atoms with E-state index in [9.17, 15) is 53.9 Å². The van der Waals surface area contributed by atoms with Crippen LogP contribution < -0.4 is 30.5 Å². The molecule has 3 aromatic rings. The van der Waals surface area contributed by atoms with E-state index in [1.165, 1.54) is 18.0 Å². The number of halogens is 9. The number of hydrogen-bond donors (Lipinski definition) is 1. The standard InChI is InChI=1S/C23H16F9N3O6/c1-34(9-8-33)12-4-7-14-15(10-12)18(36)35(41-20(38)22(27,28)29)16(17(14)39-19(37)21(24,25)26)11-2-5-13(6-3-11)40-23(30,31)32/h2-7,10H,8-9,33H2,1H3. The van der Waals surface area contributed by atoms with Crippen molar-refractivity contribution >= 4 is 28.4 Å². The third kappa shape index (κ3) is 7.19. The molecule has 3 rings (SSSR count). The van der Waals surface area contributed by atoms with Crippen molar-refractivity contribution in [2.45, 2.75) is 18.7 Å². The first-order valence-electron chi connectivity index (χ1n) is 10.9. The van der Waals surface area contributed by atoms with E-state index < -0.39 is 69.7 Å². The lowest BCUT2D eigenvalue weighted by Crippen LogP contribution is -2.39. The van der Waals surface area contributed by atoms with Crippen LogP contribution in [0.5, 0.6) is 11.5 Å². The van der Waals surface area contributed by atoms with Gasteiger partial charge >= 0.3 is 30.7 Å². The fourth-order valence-electron chi connectivity index (χ4n) is 3.44. The van der Waals surface area contributed by atoms with Crippen LogP contribution in [0.2, 0.25) is 0 Å². The molecule has 0 saturated carbocycles. The normalized spacial score (nSPS) is 12.3. The molecule has 0 atom stereocenters. The molecule has 9 nitrogen and oxygen atoms in total. The fraction of sp³-hybridized carbons (Fsp3) is 0.261. The summed E-state index contributed by atoms with van der Waals surface area (Å²) in [4.78, 5) is 42.5. The number of benzene rings is 2. The maximum Gasteiger partial charge on any atom is 0.573 e. The summed E-state index contributed by atoms with van der Waals surface area (Å²) in [6.45, 7) is 0.284. The van der Waals surface area contributed by atoms with E-state index >= 15 is 0 Å². The molecule has 0 unspecified atom stereocenters. The maximum atomic E-state index is 13.3. The van der Waals surface area contributed by atoms with Crippen LogP contribution in [0.25, 0.3) is 22.0 Å². The molecule has 0 saturated heterocycles. The Bertz CT molecular complexity index is 1510. The third-order valence-electron chi connectivity index (χ3n) is 5.18. The van der Waals surface area contributed by atoms with E-state index in [1.807, 2.05) is 0 Å². The Morgan fingerprint density at radius 1 is 0.878 bits per heavy atom. The lowest BCUT2D eigenvalue weighted by Gasteiger charge is -2.22. The number of likely N-dealkylation sites (N-methyl/N-ethyl adjacent to an activating group) is 1. The summed E-state index contributed by atoms with van der Waals surface area (Å²) < 4.78 is 124. The van der Waals surface area contributed by atoms with Gasteiger partial charge in [0.25, 0.3) is 5.56 Å². The Morgan fingerprint density at radius 2 is 1.46 bits per heavy atom. The molecule has 41 heavy (non-hydrogen) atoms. The average molecular weight is 601 g/mol. The Hall–Kier alpha value is -4.48. The molecule has 18 heteroatoms. The minimum absolute atomic E-state index is 0.101.